The number of alkyl halides is 3. The maximum Gasteiger partial charge on any atom is 0.534 e. The lowest BCUT2D eigenvalue weighted by Crippen LogP contribution is -2.33. The van der Waals surface area contributed by atoms with E-state index in [9.17, 15) is 26.2 Å². The maximum atomic E-state index is 13.2. The molecule has 0 aliphatic heterocycles. The minimum Gasteiger partial charge on any atom is -0.380 e. The zero-order chi connectivity index (χ0) is 19.6. The van der Waals surface area contributed by atoms with Gasteiger partial charge >= 0.3 is 23.2 Å². The second kappa shape index (κ2) is 7.66. The Labute approximate surface area is 151 Å². The Morgan fingerprint density at radius 1 is 1.12 bits per heavy atom. The fourth-order valence-electron chi connectivity index (χ4n) is 3.41. The summed E-state index contributed by atoms with van der Waals surface area (Å²) in [7, 11) is -9.60. The highest BCUT2D eigenvalue weighted by molar-refractivity contribution is 7.87. The average Bonchev–Trinajstić information content (AvgIpc) is 2.94. The molecule has 0 aromatic rings. The molecule has 0 aromatic carbocycles. The molecule has 2 aliphatic rings. The van der Waals surface area contributed by atoms with Gasteiger partial charge in [0.1, 0.15) is 5.76 Å². The third-order valence-corrected chi connectivity index (χ3v) is 7.75. The maximum absolute atomic E-state index is 13.2. The van der Waals surface area contributed by atoms with Crippen LogP contribution in [-0.2, 0) is 27.9 Å². The van der Waals surface area contributed by atoms with Crippen molar-refractivity contribution < 1.29 is 39.4 Å². The van der Waals surface area contributed by atoms with Crippen LogP contribution < -0.4 is 0 Å². The molecule has 0 unspecified atom stereocenters. The molecule has 2 aliphatic carbocycles. The Balaban J connectivity index is 2.48. The fourth-order valence-corrected chi connectivity index (χ4v) is 6.21. The SMILES string of the molecule is CCOP(=O)(OCC)C1=CCC[C@@]12CCCC=C2OS(=O)(=O)C(F)(F)F. The third kappa shape index (κ3) is 3.88. The van der Waals surface area contributed by atoms with E-state index >= 15 is 0 Å². The van der Waals surface area contributed by atoms with Crippen molar-refractivity contribution in [3.63, 3.8) is 0 Å². The third-order valence-electron chi connectivity index (χ3n) is 4.38. The van der Waals surface area contributed by atoms with Crippen LogP contribution in [0, 0.1) is 5.41 Å². The van der Waals surface area contributed by atoms with Crippen LogP contribution in [0.3, 0.4) is 0 Å². The molecule has 0 radical (unpaired) electrons. The van der Waals surface area contributed by atoms with Crippen molar-refractivity contribution in [2.75, 3.05) is 13.2 Å². The van der Waals surface area contributed by atoms with Gasteiger partial charge in [-0.3, -0.25) is 4.57 Å². The molecule has 0 bridgehead atoms. The topological polar surface area (TPSA) is 78.9 Å². The first-order valence-corrected chi connectivity index (χ1v) is 11.3. The monoisotopic (exact) mass is 418 g/mol. The van der Waals surface area contributed by atoms with E-state index in [0.717, 1.165) is 0 Å². The molecule has 6 nitrogen and oxygen atoms in total. The van der Waals surface area contributed by atoms with Crippen molar-refractivity contribution in [3.8, 4) is 0 Å². The van der Waals surface area contributed by atoms with Gasteiger partial charge in [0.15, 0.2) is 0 Å². The van der Waals surface area contributed by atoms with Crippen LogP contribution in [0.1, 0.15) is 46.0 Å². The van der Waals surface area contributed by atoms with Crippen LogP contribution in [0.25, 0.3) is 0 Å². The van der Waals surface area contributed by atoms with E-state index in [4.69, 9.17) is 9.05 Å². The van der Waals surface area contributed by atoms with Gasteiger partial charge in [-0.05, 0) is 52.0 Å². The second-order valence-corrected chi connectivity index (χ2v) is 9.52. The van der Waals surface area contributed by atoms with Gasteiger partial charge in [-0.2, -0.15) is 21.6 Å². The Bertz CT molecular complexity index is 733. The van der Waals surface area contributed by atoms with Crippen molar-refractivity contribution in [1.82, 2.24) is 0 Å². The van der Waals surface area contributed by atoms with E-state index in [2.05, 4.69) is 4.18 Å². The largest absolute Gasteiger partial charge is 0.534 e. The van der Waals surface area contributed by atoms with Gasteiger partial charge in [-0.1, -0.05) is 6.08 Å². The molecule has 0 saturated heterocycles. The summed E-state index contributed by atoms with van der Waals surface area (Å²) < 4.78 is 89.8. The molecule has 11 heteroatoms. The number of allylic oxidation sites excluding steroid dienone is 3. The molecule has 1 atom stereocenters. The highest BCUT2D eigenvalue weighted by Gasteiger charge is 2.56. The summed E-state index contributed by atoms with van der Waals surface area (Å²) in [5, 5.41) is 0.192. The number of halogens is 3. The van der Waals surface area contributed by atoms with Crippen molar-refractivity contribution in [2.24, 2.45) is 5.41 Å². The van der Waals surface area contributed by atoms with Crippen molar-refractivity contribution in [3.05, 3.63) is 23.2 Å². The molecule has 0 N–H and O–H groups in total. The van der Waals surface area contributed by atoms with Crippen molar-refractivity contribution in [1.29, 1.82) is 0 Å². The molecule has 0 saturated carbocycles. The van der Waals surface area contributed by atoms with E-state index in [1.165, 1.54) is 6.08 Å². The highest BCUT2D eigenvalue weighted by Crippen LogP contribution is 2.69. The fraction of sp³-hybridized carbons (Fsp3) is 0.733. The van der Waals surface area contributed by atoms with E-state index in [1.807, 2.05) is 0 Å². The Morgan fingerprint density at radius 2 is 1.73 bits per heavy atom. The summed E-state index contributed by atoms with van der Waals surface area (Å²) in [5.74, 6) is -0.343. The van der Waals surface area contributed by atoms with E-state index in [0.29, 0.717) is 25.7 Å². The predicted molar refractivity (Wildman–Crippen MR) is 88.6 cm³/mol. The number of hydrogen-bond donors (Lipinski definition) is 0. The van der Waals surface area contributed by atoms with Gasteiger partial charge < -0.3 is 13.2 Å². The molecule has 26 heavy (non-hydrogen) atoms. The summed E-state index contributed by atoms with van der Waals surface area (Å²) in [4.78, 5) is 0. The van der Waals surface area contributed by atoms with Crippen molar-refractivity contribution >= 4 is 17.7 Å². The molecule has 150 valence electrons. The van der Waals surface area contributed by atoms with Gasteiger partial charge in [-0.15, -0.1) is 0 Å². The lowest BCUT2D eigenvalue weighted by atomic mass is 9.76. The standard InChI is InChI=1S/C15H22F3O6PS/c1-3-22-25(19,23-4-2)13-9-7-11-14(13)10-6-5-8-12(14)24-26(20,21)15(16,17)18/h8-9H,3-7,10-11H2,1-2H3/t14-/m1/s1. The van der Waals surface area contributed by atoms with Crippen LogP contribution in [0.2, 0.25) is 0 Å². The zero-order valence-electron chi connectivity index (χ0n) is 14.5. The molecule has 0 amide bonds. The zero-order valence-corrected chi connectivity index (χ0v) is 16.3. The normalized spacial score (nSPS) is 24.5. The van der Waals surface area contributed by atoms with Gasteiger partial charge in [0.25, 0.3) is 0 Å². The van der Waals surface area contributed by atoms with Crippen LogP contribution in [0.15, 0.2) is 23.2 Å². The summed E-state index contributed by atoms with van der Waals surface area (Å²) in [6.45, 7) is 3.39. The highest BCUT2D eigenvalue weighted by atomic mass is 32.2. The molecule has 0 fully saturated rings. The van der Waals surface area contributed by atoms with Gasteiger partial charge in [-0.25, -0.2) is 0 Å². The van der Waals surface area contributed by atoms with Gasteiger partial charge in [0.05, 0.1) is 23.9 Å². The van der Waals surface area contributed by atoms with Crippen LogP contribution in [-0.4, -0.2) is 27.1 Å². The minimum atomic E-state index is -5.82. The number of hydrogen-bond acceptors (Lipinski definition) is 6. The average molecular weight is 418 g/mol. The lowest BCUT2D eigenvalue weighted by Gasteiger charge is -2.38. The Kier molecular flexibility index (Phi) is 6.32. The lowest BCUT2D eigenvalue weighted by molar-refractivity contribution is -0.0533. The van der Waals surface area contributed by atoms with Gasteiger partial charge in [0, 0.05) is 0 Å². The molecule has 2 rings (SSSR count). The minimum absolute atomic E-state index is 0.0749. The van der Waals surface area contributed by atoms with E-state index in [1.54, 1.807) is 19.9 Å². The second-order valence-electron chi connectivity index (χ2n) is 5.99. The van der Waals surface area contributed by atoms with Crippen LogP contribution in [0.4, 0.5) is 13.2 Å². The molecular formula is C15H22F3O6PS. The first kappa shape index (κ1) is 21.5. The summed E-state index contributed by atoms with van der Waals surface area (Å²) in [5.41, 5.74) is -6.77. The first-order chi connectivity index (χ1) is 12.0. The predicted octanol–water partition coefficient (Wildman–Crippen LogP) is 4.85. The molecule has 1 spiro atoms. The van der Waals surface area contributed by atoms with Crippen LogP contribution >= 0.6 is 7.60 Å². The van der Waals surface area contributed by atoms with E-state index in [-0.39, 0.29) is 30.7 Å². The molecule has 0 heterocycles. The summed E-state index contributed by atoms with van der Waals surface area (Å²) in [6.07, 6.45) is 4.89. The molecular weight excluding hydrogens is 396 g/mol. The van der Waals surface area contributed by atoms with E-state index < -0.39 is 28.6 Å². The smallest absolute Gasteiger partial charge is 0.380 e. The quantitative estimate of drug-likeness (QED) is 0.334. The number of rotatable bonds is 7. The summed E-state index contributed by atoms with van der Waals surface area (Å²) in [6, 6.07) is 0. The first-order valence-electron chi connectivity index (χ1n) is 8.34. The van der Waals surface area contributed by atoms with Crippen LogP contribution in [0.5, 0.6) is 0 Å². The van der Waals surface area contributed by atoms with Gasteiger partial charge in [0.2, 0.25) is 0 Å². The molecule has 0 aromatic heterocycles. The summed E-state index contributed by atoms with van der Waals surface area (Å²) >= 11 is 0. The van der Waals surface area contributed by atoms with Crippen molar-refractivity contribution in [2.45, 2.75) is 51.5 Å². The Morgan fingerprint density at radius 3 is 2.27 bits per heavy atom. The Hall–Kier alpha value is -0.830.